The van der Waals surface area contributed by atoms with E-state index in [1.807, 2.05) is 19.1 Å². The molecule has 0 saturated heterocycles. The van der Waals surface area contributed by atoms with Crippen molar-refractivity contribution in [3.8, 4) is 11.1 Å². The van der Waals surface area contributed by atoms with Crippen molar-refractivity contribution in [1.29, 1.82) is 0 Å². The van der Waals surface area contributed by atoms with E-state index < -0.39 is 6.09 Å². The van der Waals surface area contributed by atoms with Crippen LogP contribution in [0, 0.1) is 0 Å². The van der Waals surface area contributed by atoms with Gasteiger partial charge in [0.2, 0.25) is 0 Å². The summed E-state index contributed by atoms with van der Waals surface area (Å²) >= 11 is 0. The van der Waals surface area contributed by atoms with Crippen molar-refractivity contribution >= 4 is 18.3 Å². The maximum absolute atomic E-state index is 12.3. The number of alkyl carbamates (subject to hydrolysis) is 1. The molecule has 158 valence electrons. The molecule has 0 radical (unpaired) electrons. The largest absolute Gasteiger partial charge is 0.449 e. The Balaban J connectivity index is 1.88. The van der Waals surface area contributed by atoms with E-state index in [1.54, 1.807) is 24.3 Å². The molecule has 7 heteroatoms. The molecule has 30 heavy (non-hydrogen) atoms. The van der Waals surface area contributed by atoms with Crippen molar-refractivity contribution in [3.05, 3.63) is 58.7 Å². The number of ether oxygens (including phenoxy) is 1. The predicted molar refractivity (Wildman–Crippen MR) is 113 cm³/mol. The fraction of sp³-hybridized carbons (Fsp3) is 0.348. The van der Waals surface area contributed by atoms with E-state index in [2.05, 4.69) is 10.6 Å². The first-order chi connectivity index (χ1) is 14.6. The first-order valence-corrected chi connectivity index (χ1v) is 10.1. The van der Waals surface area contributed by atoms with Gasteiger partial charge in [-0.3, -0.25) is 9.59 Å². The van der Waals surface area contributed by atoms with Gasteiger partial charge < -0.3 is 20.5 Å². The van der Waals surface area contributed by atoms with Crippen LogP contribution in [0.5, 0.6) is 0 Å². The van der Waals surface area contributed by atoms with Gasteiger partial charge in [-0.1, -0.05) is 31.5 Å². The van der Waals surface area contributed by atoms with E-state index in [0.717, 1.165) is 41.4 Å². The standard InChI is InChI=1S/C23H26N2O5/c1-2-3-8-25-23(29)30-14-21-19-11-15(13-27)4-6-17(19)18-7-5-16(12-20(18)21)22(28)24-9-10-26/h4-7,11-13,21,26H,2-3,8-10,14H2,1H3,(H,24,28)(H,25,29). The van der Waals surface area contributed by atoms with Gasteiger partial charge in [-0.25, -0.2) is 4.79 Å². The molecule has 1 atom stereocenters. The number of nitrogens with one attached hydrogen (secondary N) is 2. The van der Waals surface area contributed by atoms with Crippen LogP contribution < -0.4 is 10.6 Å². The molecule has 1 aliphatic rings. The van der Waals surface area contributed by atoms with Crippen molar-refractivity contribution in [2.45, 2.75) is 25.7 Å². The summed E-state index contributed by atoms with van der Waals surface area (Å²) in [4.78, 5) is 35.6. The van der Waals surface area contributed by atoms with Gasteiger partial charge in [0.25, 0.3) is 5.91 Å². The normalized spacial score (nSPS) is 13.9. The Bertz CT molecular complexity index is 941. The third-order valence-electron chi connectivity index (χ3n) is 5.14. The Morgan fingerprint density at radius 2 is 1.80 bits per heavy atom. The highest BCUT2D eigenvalue weighted by molar-refractivity contribution is 5.96. The third-order valence-corrected chi connectivity index (χ3v) is 5.14. The van der Waals surface area contributed by atoms with Gasteiger partial charge in [-0.15, -0.1) is 0 Å². The number of amides is 2. The Morgan fingerprint density at radius 1 is 1.07 bits per heavy atom. The van der Waals surface area contributed by atoms with Crippen LogP contribution >= 0.6 is 0 Å². The van der Waals surface area contributed by atoms with Crippen LogP contribution in [0.3, 0.4) is 0 Å². The maximum Gasteiger partial charge on any atom is 0.407 e. The van der Waals surface area contributed by atoms with Crippen molar-refractivity contribution in [3.63, 3.8) is 0 Å². The molecule has 0 aromatic heterocycles. The topological polar surface area (TPSA) is 105 Å². The zero-order valence-electron chi connectivity index (χ0n) is 16.9. The van der Waals surface area contributed by atoms with Crippen LogP contribution in [0.2, 0.25) is 0 Å². The van der Waals surface area contributed by atoms with Crippen molar-refractivity contribution < 1.29 is 24.2 Å². The van der Waals surface area contributed by atoms with Gasteiger partial charge >= 0.3 is 6.09 Å². The summed E-state index contributed by atoms with van der Waals surface area (Å²) in [5.41, 5.74) is 4.66. The lowest BCUT2D eigenvalue weighted by atomic mass is 9.95. The summed E-state index contributed by atoms with van der Waals surface area (Å²) < 4.78 is 5.45. The quantitative estimate of drug-likeness (QED) is 0.436. The lowest BCUT2D eigenvalue weighted by molar-refractivity contribution is 0.0944. The number of fused-ring (bicyclic) bond motifs is 3. The number of aldehydes is 1. The highest BCUT2D eigenvalue weighted by atomic mass is 16.5. The second kappa shape index (κ2) is 10.0. The minimum Gasteiger partial charge on any atom is -0.449 e. The molecular formula is C23H26N2O5. The number of rotatable bonds is 9. The summed E-state index contributed by atoms with van der Waals surface area (Å²) in [6.07, 6.45) is 2.15. The monoisotopic (exact) mass is 410 g/mol. The first kappa shape index (κ1) is 21.5. The number of hydrogen-bond donors (Lipinski definition) is 3. The summed E-state index contributed by atoms with van der Waals surface area (Å²) in [6, 6.07) is 10.8. The molecule has 2 aromatic carbocycles. The second-order valence-corrected chi connectivity index (χ2v) is 7.18. The van der Waals surface area contributed by atoms with Crippen LogP contribution in [0.1, 0.15) is 57.5 Å². The van der Waals surface area contributed by atoms with Gasteiger partial charge in [-0.05, 0) is 46.9 Å². The number of hydrogen-bond acceptors (Lipinski definition) is 5. The number of benzene rings is 2. The number of aliphatic hydroxyl groups excluding tert-OH is 1. The van der Waals surface area contributed by atoms with Gasteiger partial charge in [-0.2, -0.15) is 0 Å². The van der Waals surface area contributed by atoms with E-state index in [9.17, 15) is 14.4 Å². The molecule has 0 heterocycles. The van der Waals surface area contributed by atoms with Crippen molar-refractivity contribution in [2.75, 3.05) is 26.3 Å². The molecule has 0 fully saturated rings. The van der Waals surface area contributed by atoms with Gasteiger partial charge in [0, 0.05) is 30.1 Å². The Hall–Kier alpha value is -3.19. The molecule has 3 N–H and O–H groups in total. The van der Waals surface area contributed by atoms with E-state index in [0.29, 0.717) is 17.7 Å². The summed E-state index contributed by atoms with van der Waals surface area (Å²) in [5.74, 6) is -0.564. The van der Waals surface area contributed by atoms with Crippen molar-refractivity contribution in [2.24, 2.45) is 0 Å². The first-order valence-electron chi connectivity index (χ1n) is 10.1. The zero-order chi connectivity index (χ0) is 21.5. The number of aliphatic hydroxyl groups is 1. The highest BCUT2D eigenvalue weighted by Gasteiger charge is 2.31. The molecule has 2 amide bonds. The lowest BCUT2D eigenvalue weighted by Gasteiger charge is -2.15. The number of unbranched alkanes of at least 4 members (excludes halogenated alkanes) is 1. The second-order valence-electron chi connectivity index (χ2n) is 7.18. The van der Waals surface area contributed by atoms with Gasteiger partial charge in [0.1, 0.15) is 12.9 Å². The molecular weight excluding hydrogens is 384 g/mol. The van der Waals surface area contributed by atoms with E-state index in [1.165, 1.54) is 0 Å². The minimum absolute atomic E-state index is 0.0992. The number of carbonyl (C=O) groups is 3. The SMILES string of the molecule is CCCCNC(=O)OCC1c2cc(C=O)ccc2-c2ccc(C(=O)NCCO)cc21. The lowest BCUT2D eigenvalue weighted by Crippen LogP contribution is -2.27. The fourth-order valence-corrected chi connectivity index (χ4v) is 3.62. The summed E-state index contributed by atoms with van der Waals surface area (Å²) in [7, 11) is 0. The van der Waals surface area contributed by atoms with Gasteiger partial charge in [0.05, 0.1) is 6.61 Å². The molecule has 0 saturated carbocycles. The fourth-order valence-electron chi connectivity index (χ4n) is 3.62. The molecule has 3 rings (SSSR count). The van der Waals surface area contributed by atoms with Crippen LogP contribution in [0.25, 0.3) is 11.1 Å². The van der Waals surface area contributed by atoms with E-state index in [4.69, 9.17) is 9.84 Å². The van der Waals surface area contributed by atoms with Crippen LogP contribution in [-0.2, 0) is 4.74 Å². The van der Waals surface area contributed by atoms with Crippen LogP contribution in [-0.4, -0.2) is 49.7 Å². The van der Waals surface area contributed by atoms with Crippen molar-refractivity contribution in [1.82, 2.24) is 10.6 Å². The molecule has 0 spiro atoms. The van der Waals surface area contributed by atoms with Gasteiger partial charge in [0.15, 0.2) is 0 Å². The third kappa shape index (κ3) is 4.68. The molecule has 0 aliphatic heterocycles. The molecule has 0 bridgehead atoms. The Kier molecular flexibility index (Phi) is 7.19. The molecule has 2 aromatic rings. The van der Waals surface area contributed by atoms with E-state index >= 15 is 0 Å². The zero-order valence-corrected chi connectivity index (χ0v) is 16.9. The summed E-state index contributed by atoms with van der Waals surface area (Å²) in [6.45, 7) is 2.72. The smallest absolute Gasteiger partial charge is 0.407 e. The van der Waals surface area contributed by atoms with E-state index in [-0.39, 0.29) is 31.6 Å². The molecule has 1 aliphatic carbocycles. The average molecular weight is 410 g/mol. The Labute approximate surface area is 175 Å². The van der Waals surface area contributed by atoms with Crippen LogP contribution in [0.4, 0.5) is 4.79 Å². The average Bonchev–Trinajstić information content (AvgIpc) is 3.08. The maximum atomic E-state index is 12.3. The predicted octanol–water partition coefficient (Wildman–Crippen LogP) is 2.86. The highest BCUT2D eigenvalue weighted by Crippen LogP contribution is 2.45. The minimum atomic E-state index is -0.484. The molecule has 1 unspecified atom stereocenters. The number of carbonyl (C=O) groups excluding carboxylic acids is 3. The summed E-state index contributed by atoms with van der Waals surface area (Å²) in [5, 5.41) is 14.3. The van der Waals surface area contributed by atoms with Crippen LogP contribution in [0.15, 0.2) is 36.4 Å². The molecule has 7 nitrogen and oxygen atoms in total. The Morgan fingerprint density at radius 3 is 2.50 bits per heavy atom.